The monoisotopic (exact) mass is 1700 g/mol. The first-order valence-corrected chi connectivity index (χ1v) is 46.8. The van der Waals surface area contributed by atoms with E-state index >= 15 is 0 Å². The smallest absolute Gasteiger partial charge is 0.0640 e. The van der Waals surface area contributed by atoms with Crippen LogP contribution in [-0.2, 0) is 5.41 Å². The molecule has 0 radical (unpaired) electrons. The Balaban J connectivity index is 0.000000101. The molecule has 20 aromatic carbocycles. The van der Waals surface area contributed by atoms with Gasteiger partial charge in [-0.1, -0.05) is 311 Å². The Labute approximate surface area is 762 Å². The summed E-state index contributed by atoms with van der Waals surface area (Å²) in [6, 6.07) is 164. The molecule has 0 fully saturated rings. The van der Waals surface area contributed by atoms with Crippen LogP contribution < -0.4 is 0 Å². The quantitative estimate of drug-likeness (QED) is 0.145. The van der Waals surface area contributed by atoms with Crippen molar-refractivity contribution in [3.63, 3.8) is 0 Å². The van der Waals surface area contributed by atoms with Crippen molar-refractivity contribution in [2.24, 2.45) is 0 Å². The largest absolute Gasteiger partial charge is 0.309 e. The van der Waals surface area contributed by atoms with Crippen molar-refractivity contribution >= 4 is 194 Å². The molecule has 1 aliphatic carbocycles. The van der Waals surface area contributed by atoms with Crippen LogP contribution in [0.1, 0.15) is 25.0 Å². The molecule has 28 aromatic rings. The zero-order valence-electron chi connectivity index (χ0n) is 71.7. The third kappa shape index (κ3) is 11.2. The van der Waals surface area contributed by atoms with Crippen molar-refractivity contribution in [2.45, 2.75) is 19.3 Å². The summed E-state index contributed by atoms with van der Waals surface area (Å²) in [4.78, 5) is 0. The first-order valence-electron chi connectivity index (χ1n) is 45.1. The van der Waals surface area contributed by atoms with E-state index < -0.39 is 0 Å². The number of fused-ring (bicyclic) bond motifs is 30. The fourth-order valence-corrected chi connectivity index (χ4v) is 24.9. The second-order valence-corrected chi connectivity index (χ2v) is 37.3. The van der Waals surface area contributed by atoms with Gasteiger partial charge in [0.05, 0.1) is 76.6 Å². The summed E-state index contributed by atoms with van der Waals surface area (Å²) in [6.45, 7) is 4.73. The van der Waals surface area contributed by atoms with Crippen LogP contribution in [0, 0.1) is 0 Å². The molecule has 131 heavy (non-hydrogen) atoms. The third-order valence-corrected chi connectivity index (χ3v) is 30.4. The Morgan fingerprint density at radius 3 is 0.847 bits per heavy atom. The van der Waals surface area contributed by atoms with E-state index in [4.69, 9.17) is 0 Å². The maximum absolute atomic E-state index is 2.48. The second-order valence-electron chi connectivity index (χ2n) is 35.2. The van der Waals surface area contributed by atoms with Crippen molar-refractivity contribution in [1.82, 2.24) is 27.4 Å². The zero-order valence-corrected chi connectivity index (χ0v) is 73.4. The zero-order chi connectivity index (χ0) is 86.3. The van der Waals surface area contributed by atoms with E-state index in [1.807, 2.05) is 22.7 Å². The first kappa shape index (κ1) is 74.8. The molecule has 0 amide bonds. The first-order chi connectivity index (χ1) is 64.8. The van der Waals surface area contributed by atoms with Gasteiger partial charge in [-0.05, 0) is 196 Å². The molecule has 0 bridgehead atoms. The summed E-state index contributed by atoms with van der Waals surface area (Å²) in [5, 5.41) is 20.8. The van der Waals surface area contributed by atoms with Crippen LogP contribution in [0.4, 0.5) is 0 Å². The van der Waals surface area contributed by atoms with E-state index in [2.05, 4.69) is 490 Å². The van der Waals surface area contributed by atoms with Crippen molar-refractivity contribution in [1.29, 1.82) is 0 Å². The highest BCUT2D eigenvalue weighted by atomic mass is 32.1. The predicted molar refractivity (Wildman–Crippen MR) is 560 cm³/mol. The van der Waals surface area contributed by atoms with Gasteiger partial charge in [-0.25, -0.2) is 0 Å². The number of aromatic nitrogens is 6. The van der Waals surface area contributed by atoms with Crippen LogP contribution in [0.15, 0.2) is 449 Å². The van der Waals surface area contributed by atoms with Crippen molar-refractivity contribution in [3.05, 3.63) is 460 Å². The lowest BCUT2D eigenvalue weighted by molar-refractivity contribution is 0.662. The number of benzene rings is 20. The molecular weight excluding hydrogens is 1630 g/mol. The van der Waals surface area contributed by atoms with Crippen molar-refractivity contribution in [2.75, 3.05) is 0 Å². The van der Waals surface area contributed by atoms with Gasteiger partial charge >= 0.3 is 0 Å². The maximum atomic E-state index is 2.48. The Kier molecular flexibility index (Phi) is 16.8. The number of nitrogens with zero attached hydrogens (tertiary/aromatic N) is 6. The van der Waals surface area contributed by atoms with Gasteiger partial charge in [0.1, 0.15) is 0 Å². The standard InChI is InChI=1S/C45H32N2.C42H26N2S.C36H22N2S/c1-45(2)37-20-9-6-15-33(37)34-19-12-18-32(44(34)45)29-23-25-31(26-24-29)47-39-22-11-8-17-36(39)43-41(47)28-27-40-42(43)35-16-7-10-21-38(35)46(40)30-13-4-3-5-14-30;1-2-11-28(12-3-1)43-35-18-7-4-14-33(35)40-37(43)25-26-38-41(40)34-15-5-8-19-36(34)44(38)29-23-21-27(22-24-29)30-16-10-17-32-31-13-6-9-20-39(31)45-42(30)32;1-2-11-23(12-3-1)37-28-17-7-4-14-26(28)34-30(37)21-22-31-35(34)27-15-5-8-18-29(27)38(31)32-19-10-16-25-24-13-6-9-20-33(24)39-36(25)32/h3-28H,1-2H3;1-26H;1-22H. The van der Waals surface area contributed by atoms with Crippen LogP contribution in [0.25, 0.3) is 239 Å². The molecule has 614 valence electrons. The predicted octanol–water partition coefficient (Wildman–Crippen LogP) is 34.0. The topological polar surface area (TPSA) is 29.6 Å². The Hall–Kier alpha value is -16.4. The Morgan fingerprint density at radius 1 is 0.176 bits per heavy atom. The summed E-state index contributed by atoms with van der Waals surface area (Å²) >= 11 is 3.77. The Morgan fingerprint density at radius 2 is 0.443 bits per heavy atom. The van der Waals surface area contributed by atoms with E-state index in [9.17, 15) is 0 Å². The van der Waals surface area contributed by atoms with Gasteiger partial charge < -0.3 is 27.4 Å². The van der Waals surface area contributed by atoms with Crippen molar-refractivity contribution < 1.29 is 0 Å². The molecule has 6 nitrogen and oxygen atoms in total. The summed E-state index contributed by atoms with van der Waals surface area (Å²) in [5.41, 5.74) is 32.4. The minimum atomic E-state index is -0.0572. The molecule has 0 atom stereocenters. The summed E-state index contributed by atoms with van der Waals surface area (Å²) < 4.78 is 19.9. The SMILES string of the molecule is CC1(C)c2ccccc2-c2cccc(-c3ccc(-n4c5ccccc5c5c6c7ccccc7n(-c7ccccc7)c6ccc54)cc3)c21.c1ccc(-n2c3ccccc3c3c4c5ccccc5n(-c5ccc(-c6cccc7c6sc6ccccc67)cc5)c4ccc32)cc1.c1ccc(-n2c3ccccc3c3c4c5ccccc5n(-c5cccc6c5sc5ccccc56)c4ccc32)cc1. The lowest BCUT2D eigenvalue weighted by Gasteiger charge is -2.24. The summed E-state index contributed by atoms with van der Waals surface area (Å²) in [6.07, 6.45) is 0. The highest BCUT2D eigenvalue weighted by Gasteiger charge is 2.38. The van der Waals surface area contributed by atoms with Gasteiger partial charge in [0.15, 0.2) is 0 Å². The van der Waals surface area contributed by atoms with E-state index in [0.717, 1.165) is 0 Å². The molecule has 0 N–H and O–H groups in total. The fourth-order valence-electron chi connectivity index (χ4n) is 22.5. The molecule has 8 heterocycles. The number of hydrogen-bond donors (Lipinski definition) is 0. The molecule has 8 heteroatoms. The van der Waals surface area contributed by atoms with Crippen LogP contribution in [0.2, 0.25) is 0 Å². The molecule has 8 aromatic heterocycles. The van der Waals surface area contributed by atoms with Gasteiger partial charge in [-0.3, -0.25) is 0 Å². The minimum Gasteiger partial charge on any atom is -0.309 e. The number of rotatable bonds is 8. The molecule has 0 saturated heterocycles. The highest BCUT2D eigenvalue weighted by molar-refractivity contribution is 7.26. The molecule has 1 aliphatic rings. The van der Waals surface area contributed by atoms with Gasteiger partial charge in [-0.15, -0.1) is 22.7 Å². The number of para-hydroxylation sites is 9. The van der Waals surface area contributed by atoms with Crippen LogP contribution in [-0.4, -0.2) is 27.4 Å². The van der Waals surface area contributed by atoms with Gasteiger partial charge in [0, 0.05) is 134 Å². The van der Waals surface area contributed by atoms with E-state index in [0.29, 0.717) is 0 Å². The fraction of sp³-hybridized carbons (Fsp3) is 0.0244. The van der Waals surface area contributed by atoms with Crippen LogP contribution in [0.3, 0.4) is 0 Å². The average Bonchev–Trinajstić information content (AvgIpc) is 1.55. The molecule has 0 saturated carbocycles. The second kappa shape index (κ2) is 29.4. The van der Waals surface area contributed by atoms with Crippen molar-refractivity contribution in [3.8, 4) is 67.5 Å². The number of thiophene rings is 2. The average molecular weight is 1710 g/mol. The number of hydrogen-bond acceptors (Lipinski definition) is 2. The van der Waals surface area contributed by atoms with E-state index in [1.165, 1.54) is 250 Å². The summed E-state index contributed by atoms with van der Waals surface area (Å²) in [7, 11) is 0. The van der Waals surface area contributed by atoms with E-state index in [-0.39, 0.29) is 5.41 Å². The molecular formula is C123H80N6S2. The minimum absolute atomic E-state index is 0.0572. The molecule has 0 spiro atoms. The van der Waals surface area contributed by atoms with Crippen LogP contribution >= 0.6 is 22.7 Å². The van der Waals surface area contributed by atoms with Gasteiger partial charge in [0.25, 0.3) is 0 Å². The normalized spacial score (nSPS) is 12.6. The Bertz CT molecular complexity index is 9560. The lowest BCUT2D eigenvalue weighted by Crippen LogP contribution is -2.16. The third-order valence-electron chi connectivity index (χ3n) is 27.9. The maximum Gasteiger partial charge on any atom is 0.0640 e. The lowest BCUT2D eigenvalue weighted by atomic mass is 9.79. The van der Waals surface area contributed by atoms with Crippen LogP contribution in [0.5, 0.6) is 0 Å². The molecule has 29 rings (SSSR count). The molecule has 0 aliphatic heterocycles. The van der Waals surface area contributed by atoms with E-state index in [1.54, 1.807) is 0 Å². The summed E-state index contributed by atoms with van der Waals surface area (Å²) in [5.74, 6) is 0. The molecule has 0 unspecified atom stereocenters. The highest BCUT2D eigenvalue weighted by Crippen LogP contribution is 2.54. The van der Waals surface area contributed by atoms with Gasteiger partial charge in [0.2, 0.25) is 0 Å². The van der Waals surface area contributed by atoms with Gasteiger partial charge in [-0.2, -0.15) is 0 Å².